The van der Waals surface area contributed by atoms with Crippen LogP contribution in [0.3, 0.4) is 0 Å². The average molecular weight is 420 g/mol. The van der Waals surface area contributed by atoms with Gasteiger partial charge in [0.2, 0.25) is 5.13 Å². The molecule has 2 heterocycles. The smallest absolute Gasteiger partial charge is 0.268 e. The number of nitriles is 1. The number of aryl methyl sites for hydroxylation is 3. The van der Waals surface area contributed by atoms with Gasteiger partial charge in [0.15, 0.2) is 0 Å². The molecule has 6 nitrogen and oxygen atoms in total. The monoisotopic (exact) mass is 419 g/mol. The Morgan fingerprint density at radius 2 is 2.10 bits per heavy atom. The van der Waals surface area contributed by atoms with E-state index < -0.39 is 5.91 Å². The topological polar surface area (TPSA) is 83.6 Å². The maximum absolute atomic E-state index is 12.6. The van der Waals surface area contributed by atoms with E-state index in [0.29, 0.717) is 5.13 Å². The van der Waals surface area contributed by atoms with Crippen molar-refractivity contribution in [2.75, 3.05) is 5.32 Å². The Morgan fingerprint density at radius 3 is 2.83 bits per heavy atom. The van der Waals surface area contributed by atoms with Crippen LogP contribution in [0.1, 0.15) is 48.0 Å². The first-order chi connectivity index (χ1) is 14.5. The van der Waals surface area contributed by atoms with Gasteiger partial charge in [0.25, 0.3) is 5.91 Å². The number of carbonyl (C=O) groups excluding carboxylic acids is 1. The summed E-state index contributed by atoms with van der Waals surface area (Å²) in [6.07, 6.45) is 7.70. The molecule has 0 fully saturated rings. The number of hydrogen-bond acceptors (Lipinski definition) is 5. The molecule has 0 aliphatic carbocycles. The van der Waals surface area contributed by atoms with Crippen molar-refractivity contribution in [2.24, 2.45) is 0 Å². The van der Waals surface area contributed by atoms with E-state index >= 15 is 0 Å². The lowest BCUT2D eigenvalue weighted by Gasteiger charge is -2.11. The molecule has 1 amide bonds. The van der Waals surface area contributed by atoms with Gasteiger partial charge in [-0.2, -0.15) is 5.26 Å². The Hall–Kier alpha value is -3.24. The Kier molecular flexibility index (Phi) is 7.15. The summed E-state index contributed by atoms with van der Waals surface area (Å²) in [5.74, 6) is -0.484. The lowest BCUT2D eigenvalue weighted by atomic mass is 10.1. The minimum Gasteiger partial charge on any atom is -0.317 e. The number of carbonyl (C=O) groups is 1. The van der Waals surface area contributed by atoms with Gasteiger partial charge in [-0.15, -0.1) is 10.2 Å². The van der Waals surface area contributed by atoms with E-state index in [9.17, 15) is 10.1 Å². The third-order valence-electron chi connectivity index (χ3n) is 4.73. The van der Waals surface area contributed by atoms with Crippen LogP contribution in [0.15, 0.2) is 42.1 Å². The van der Waals surface area contributed by atoms with Crippen LogP contribution in [0, 0.1) is 25.2 Å². The summed E-state index contributed by atoms with van der Waals surface area (Å²) in [5, 5.41) is 21.7. The van der Waals surface area contributed by atoms with Crippen molar-refractivity contribution >= 4 is 28.5 Å². The number of anilines is 1. The lowest BCUT2D eigenvalue weighted by Crippen LogP contribution is -2.13. The second kappa shape index (κ2) is 9.99. The highest BCUT2D eigenvalue weighted by atomic mass is 32.1. The Balaban J connectivity index is 1.77. The van der Waals surface area contributed by atoms with Crippen LogP contribution in [0.25, 0.3) is 11.8 Å². The van der Waals surface area contributed by atoms with Gasteiger partial charge in [-0.05, 0) is 50.1 Å². The first-order valence-corrected chi connectivity index (χ1v) is 10.8. The van der Waals surface area contributed by atoms with E-state index in [0.717, 1.165) is 47.6 Å². The number of rotatable bonds is 8. The number of unbranched alkanes of at least 4 members (excludes halogenated alkanes) is 2. The van der Waals surface area contributed by atoms with Gasteiger partial charge in [0.05, 0.1) is 0 Å². The normalized spacial score (nSPS) is 11.3. The summed E-state index contributed by atoms with van der Waals surface area (Å²) in [6.45, 7) is 6.24. The third-order valence-corrected chi connectivity index (χ3v) is 5.63. The van der Waals surface area contributed by atoms with Gasteiger partial charge in [-0.3, -0.25) is 10.1 Å². The highest BCUT2D eigenvalue weighted by molar-refractivity contribution is 7.15. The zero-order valence-corrected chi connectivity index (χ0v) is 18.3. The third kappa shape index (κ3) is 5.22. The Bertz CT molecular complexity index is 1100. The van der Waals surface area contributed by atoms with Gasteiger partial charge in [-0.25, -0.2) is 0 Å². The molecule has 0 aliphatic heterocycles. The van der Waals surface area contributed by atoms with E-state index in [4.69, 9.17) is 0 Å². The molecule has 0 saturated heterocycles. The Labute approximate surface area is 180 Å². The predicted octanol–water partition coefficient (Wildman–Crippen LogP) is 5.22. The molecular weight excluding hydrogens is 394 g/mol. The quantitative estimate of drug-likeness (QED) is 0.308. The number of nitrogens with one attached hydrogen (secondary N) is 1. The largest absolute Gasteiger partial charge is 0.317 e. The summed E-state index contributed by atoms with van der Waals surface area (Å²) in [6, 6.07) is 12.0. The molecule has 0 aliphatic rings. The van der Waals surface area contributed by atoms with Crippen LogP contribution in [0.5, 0.6) is 0 Å². The fourth-order valence-corrected chi connectivity index (χ4v) is 3.98. The maximum atomic E-state index is 12.6. The van der Waals surface area contributed by atoms with Crippen molar-refractivity contribution in [3.8, 4) is 11.8 Å². The fourth-order valence-electron chi connectivity index (χ4n) is 3.20. The minimum absolute atomic E-state index is 0.0162. The molecule has 3 aromatic rings. The predicted molar refractivity (Wildman–Crippen MR) is 121 cm³/mol. The molecule has 0 spiro atoms. The molecule has 2 aromatic heterocycles. The van der Waals surface area contributed by atoms with Crippen molar-refractivity contribution in [1.82, 2.24) is 14.8 Å². The van der Waals surface area contributed by atoms with Crippen LogP contribution in [-0.4, -0.2) is 20.7 Å². The molecule has 0 radical (unpaired) electrons. The average Bonchev–Trinajstić information content (AvgIpc) is 3.35. The summed E-state index contributed by atoms with van der Waals surface area (Å²) in [5.41, 5.74) is 4.08. The van der Waals surface area contributed by atoms with Crippen LogP contribution in [-0.2, 0) is 11.2 Å². The second-order valence-corrected chi connectivity index (χ2v) is 8.24. The van der Waals surface area contributed by atoms with Gasteiger partial charge >= 0.3 is 0 Å². The fraction of sp³-hybridized carbons (Fsp3) is 0.304. The first kappa shape index (κ1) is 21.5. The molecule has 0 unspecified atom stereocenters. The van der Waals surface area contributed by atoms with E-state index in [1.54, 1.807) is 6.08 Å². The highest BCUT2D eigenvalue weighted by Crippen LogP contribution is 2.21. The summed E-state index contributed by atoms with van der Waals surface area (Å²) in [7, 11) is 0. The minimum atomic E-state index is -0.484. The van der Waals surface area contributed by atoms with Gasteiger partial charge in [0, 0.05) is 24.0 Å². The summed E-state index contributed by atoms with van der Waals surface area (Å²) in [4.78, 5) is 12.6. The standard InChI is InChI=1S/C23H25N5OS/c1-4-5-6-9-21-26-27-23(30-21)25-22(29)18(15-24)14-19-8-7-12-28(19)20-11-10-16(2)13-17(20)3/h7-8,10-14H,4-6,9H2,1-3H3,(H,25,27,29)/b18-14-. The van der Waals surface area contributed by atoms with Gasteiger partial charge in [0.1, 0.15) is 16.6 Å². The molecule has 154 valence electrons. The number of amides is 1. The number of benzene rings is 1. The number of hydrogen-bond donors (Lipinski definition) is 1. The van der Waals surface area contributed by atoms with Crippen molar-refractivity contribution in [3.05, 3.63) is 63.9 Å². The van der Waals surface area contributed by atoms with Gasteiger partial charge < -0.3 is 4.57 Å². The molecule has 0 saturated carbocycles. The molecule has 7 heteroatoms. The van der Waals surface area contributed by atoms with Crippen molar-refractivity contribution in [3.63, 3.8) is 0 Å². The van der Waals surface area contributed by atoms with E-state index in [2.05, 4.69) is 28.5 Å². The zero-order chi connectivity index (χ0) is 21.5. The van der Waals surface area contributed by atoms with Crippen molar-refractivity contribution in [1.29, 1.82) is 5.26 Å². The van der Waals surface area contributed by atoms with Crippen molar-refractivity contribution in [2.45, 2.75) is 46.5 Å². The zero-order valence-electron chi connectivity index (χ0n) is 17.5. The maximum Gasteiger partial charge on any atom is 0.268 e. The number of aromatic nitrogens is 3. The summed E-state index contributed by atoms with van der Waals surface area (Å²) < 4.78 is 1.97. The van der Waals surface area contributed by atoms with Crippen LogP contribution in [0.2, 0.25) is 0 Å². The Morgan fingerprint density at radius 1 is 1.27 bits per heavy atom. The van der Waals surface area contributed by atoms with Crippen LogP contribution in [0.4, 0.5) is 5.13 Å². The van der Waals surface area contributed by atoms with Crippen LogP contribution >= 0.6 is 11.3 Å². The molecule has 0 bridgehead atoms. The molecule has 1 aromatic carbocycles. The molecule has 1 N–H and O–H groups in total. The van der Waals surface area contributed by atoms with Crippen molar-refractivity contribution < 1.29 is 4.79 Å². The van der Waals surface area contributed by atoms with Crippen LogP contribution < -0.4 is 5.32 Å². The second-order valence-electron chi connectivity index (χ2n) is 7.17. The number of nitrogens with zero attached hydrogens (tertiary/aromatic N) is 4. The highest BCUT2D eigenvalue weighted by Gasteiger charge is 2.14. The molecular formula is C23H25N5OS. The van der Waals surface area contributed by atoms with E-state index in [1.807, 2.05) is 54.9 Å². The summed E-state index contributed by atoms with van der Waals surface area (Å²) >= 11 is 1.35. The molecule has 3 rings (SSSR count). The molecule has 0 atom stereocenters. The first-order valence-electron chi connectivity index (χ1n) is 10.0. The van der Waals surface area contributed by atoms with Gasteiger partial charge in [-0.1, -0.05) is 48.8 Å². The lowest BCUT2D eigenvalue weighted by molar-refractivity contribution is -0.112. The van der Waals surface area contributed by atoms with E-state index in [1.165, 1.54) is 16.9 Å². The SMILES string of the molecule is CCCCCc1nnc(NC(=O)/C(C#N)=C\c2cccn2-c2ccc(C)cc2C)s1. The van der Waals surface area contributed by atoms with E-state index in [-0.39, 0.29) is 5.57 Å². The molecule has 30 heavy (non-hydrogen) atoms.